The van der Waals surface area contributed by atoms with Crippen molar-refractivity contribution < 1.29 is 39.3 Å². The molecule has 0 saturated carbocycles. The molecule has 2 heterocycles. The molecule has 0 fully saturated rings. The number of nitrogens with zero attached hydrogens (tertiary/aromatic N) is 1. The first-order chi connectivity index (χ1) is 27.4. The fraction of sp³-hybridized carbons (Fsp3) is 0.300. The standard InChI is InChI=1S/C40H46N8O8S/c1-57-15-14-32(37(52)48-35(40(55)56)18-25-20-43-31-5-3-2-4-29(25)31)45-39(54)34(19-26-21-42-22-44-26)47-38(53)33(17-24-8-12-28(50)13-9-24)46-36(51)30(41)16-23-6-10-27(49)11-7-23/h2-13,20-22,30,32-35,43,49-50H,14-19,41H2,1H3,(H,42,44)(H,45,54)(H,46,51)(H,47,53)(H,48,52)(H,55,56)/t30-,32-,33-,34-,35-/m0/s1. The van der Waals surface area contributed by atoms with Crippen molar-refractivity contribution in [1.82, 2.24) is 36.2 Å². The molecule has 0 aliphatic rings. The van der Waals surface area contributed by atoms with E-state index in [-0.39, 0.29) is 43.6 Å². The van der Waals surface area contributed by atoms with Crippen LogP contribution in [0.4, 0.5) is 0 Å². The SMILES string of the molecule is CSCC[C@H](NC(=O)[C@H](Cc1cnc[nH]1)NC(=O)[C@H](Cc1ccc(O)cc1)NC(=O)[C@@H](N)Cc1ccc(O)cc1)C(=O)N[C@@H](Cc1c[nH]c2ccccc12)C(=O)O. The van der Waals surface area contributed by atoms with Crippen molar-refractivity contribution in [2.75, 3.05) is 12.0 Å². The summed E-state index contributed by atoms with van der Waals surface area (Å²) >= 11 is 1.43. The molecule has 5 rings (SSSR count). The minimum atomic E-state index is -1.31. The van der Waals surface area contributed by atoms with Crippen LogP contribution in [0, 0.1) is 0 Å². The summed E-state index contributed by atoms with van der Waals surface area (Å²) in [4.78, 5) is 77.6. The van der Waals surface area contributed by atoms with Gasteiger partial charge in [0, 0.05) is 48.3 Å². The van der Waals surface area contributed by atoms with Crippen LogP contribution in [-0.2, 0) is 49.7 Å². The number of imidazole rings is 1. The Morgan fingerprint density at radius 3 is 1.88 bits per heavy atom. The number of aliphatic carboxylic acids is 1. The summed E-state index contributed by atoms with van der Waals surface area (Å²) in [6, 6.07) is 13.6. The Balaban J connectivity index is 1.33. The van der Waals surface area contributed by atoms with E-state index < -0.39 is 59.8 Å². The summed E-state index contributed by atoms with van der Waals surface area (Å²) in [5.74, 6) is -3.58. The highest BCUT2D eigenvalue weighted by molar-refractivity contribution is 7.98. The zero-order valence-electron chi connectivity index (χ0n) is 31.1. The van der Waals surface area contributed by atoms with Crippen molar-refractivity contribution in [2.24, 2.45) is 5.73 Å². The topological polar surface area (TPSA) is 265 Å². The molecule has 0 bridgehead atoms. The number of phenolic OH excluding ortho intramolecular Hbond substituents is 2. The third-order valence-electron chi connectivity index (χ3n) is 9.31. The third-order valence-corrected chi connectivity index (χ3v) is 9.95. The van der Waals surface area contributed by atoms with Gasteiger partial charge < -0.3 is 52.3 Å². The van der Waals surface area contributed by atoms with Crippen LogP contribution < -0.4 is 27.0 Å². The van der Waals surface area contributed by atoms with Crippen LogP contribution in [0.15, 0.2) is 91.5 Å². The predicted octanol–water partition coefficient (Wildman–Crippen LogP) is 1.68. The summed E-state index contributed by atoms with van der Waals surface area (Å²) in [5.41, 5.74) is 9.50. The molecule has 0 radical (unpaired) electrons. The number of aromatic hydroxyl groups is 2. The predicted molar refractivity (Wildman–Crippen MR) is 214 cm³/mol. The van der Waals surface area contributed by atoms with Crippen LogP contribution >= 0.6 is 11.8 Å². The van der Waals surface area contributed by atoms with Crippen LogP contribution in [-0.4, -0.2) is 102 Å². The number of carboxylic acid groups (broad SMARTS) is 1. The Labute approximate surface area is 332 Å². The lowest BCUT2D eigenvalue weighted by molar-refractivity contribution is -0.142. The Morgan fingerprint density at radius 1 is 0.702 bits per heavy atom. The van der Waals surface area contributed by atoms with E-state index in [4.69, 9.17) is 5.73 Å². The van der Waals surface area contributed by atoms with Crippen molar-refractivity contribution in [3.63, 3.8) is 0 Å². The lowest BCUT2D eigenvalue weighted by Gasteiger charge is -2.26. The second kappa shape index (κ2) is 20.0. The summed E-state index contributed by atoms with van der Waals surface area (Å²) in [7, 11) is 0. The molecule has 0 saturated heterocycles. The average molecular weight is 799 g/mol. The Kier molecular flexibility index (Phi) is 14.7. The zero-order chi connectivity index (χ0) is 40.9. The van der Waals surface area contributed by atoms with Gasteiger partial charge in [-0.25, -0.2) is 9.78 Å². The number of amides is 4. The molecule has 4 amide bonds. The van der Waals surface area contributed by atoms with Crippen molar-refractivity contribution in [3.8, 4) is 11.5 Å². The monoisotopic (exact) mass is 798 g/mol. The molecule has 0 unspecified atom stereocenters. The maximum atomic E-state index is 14.1. The number of nitrogens with two attached hydrogens (primary N) is 1. The molecular formula is C40H46N8O8S. The largest absolute Gasteiger partial charge is 0.508 e. The van der Waals surface area contributed by atoms with Gasteiger partial charge in [0.15, 0.2) is 0 Å². The van der Waals surface area contributed by atoms with E-state index in [0.29, 0.717) is 28.1 Å². The molecular weight excluding hydrogens is 753 g/mol. The fourth-order valence-corrected chi connectivity index (χ4v) is 6.67. The molecule has 57 heavy (non-hydrogen) atoms. The molecule has 5 aromatic rings. The van der Waals surface area contributed by atoms with Gasteiger partial charge in [-0.05, 0) is 71.9 Å². The molecule has 5 atom stereocenters. The number of nitrogens with one attached hydrogen (secondary N) is 6. The average Bonchev–Trinajstić information content (AvgIpc) is 3.87. The van der Waals surface area contributed by atoms with E-state index in [2.05, 4.69) is 36.2 Å². The van der Waals surface area contributed by atoms with E-state index in [1.165, 1.54) is 48.6 Å². The maximum Gasteiger partial charge on any atom is 0.326 e. The number of thioether (sulfide) groups is 1. The molecule has 0 aliphatic carbocycles. The molecule has 16 nitrogen and oxygen atoms in total. The molecule has 300 valence electrons. The van der Waals surface area contributed by atoms with Gasteiger partial charge in [-0.2, -0.15) is 11.8 Å². The molecule has 17 heteroatoms. The van der Waals surface area contributed by atoms with Crippen LogP contribution in [0.3, 0.4) is 0 Å². The Hall–Kier alpha value is -6.33. The van der Waals surface area contributed by atoms with Crippen molar-refractivity contribution in [2.45, 2.75) is 62.3 Å². The summed E-state index contributed by atoms with van der Waals surface area (Å²) in [6.07, 6.45) is 6.54. The summed E-state index contributed by atoms with van der Waals surface area (Å²) in [6.45, 7) is 0. The smallest absolute Gasteiger partial charge is 0.326 e. The first-order valence-electron chi connectivity index (χ1n) is 18.2. The maximum absolute atomic E-state index is 14.1. The van der Waals surface area contributed by atoms with Gasteiger partial charge in [0.2, 0.25) is 23.6 Å². The Bertz CT molecular complexity index is 2130. The van der Waals surface area contributed by atoms with Crippen molar-refractivity contribution in [3.05, 3.63) is 114 Å². The number of aromatic amines is 2. The van der Waals surface area contributed by atoms with Gasteiger partial charge in [-0.1, -0.05) is 42.5 Å². The minimum absolute atomic E-state index is 0.00343. The van der Waals surface area contributed by atoms with Crippen molar-refractivity contribution in [1.29, 1.82) is 0 Å². The number of rotatable bonds is 20. The fourth-order valence-electron chi connectivity index (χ4n) is 6.20. The number of H-pyrrole nitrogens is 2. The van der Waals surface area contributed by atoms with E-state index in [1.54, 1.807) is 30.5 Å². The van der Waals surface area contributed by atoms with E-state index in [9.17, 15) is 39.3 Å². The van der Waals surface area contributed by atoms with Crippen molar-refractivity contribution >= 4 is 52.3 Å². The minimum Gasteiger partial charge on any atom is -0.508 e. The second-order valence-electron chi connectivity index (χ2n) is 13.6. The number of fused-ring (bicyclic) bond motifs is 1. The number of hydrogen-bond acceptors (Lipinski definition) is 10. The van der Waals surface area contributed by atoms with E-state index >= 15 is 0 Å². The normalized spacial score (nSPS) is 13.8. The van der Waals surface area contributed by atoms with Crippen LogP contribution in [0.5, 0.6) is 11.5 Å². The number of para-hydroxylation sites is 1. The molecule has 0 aliphatic heterocycles. The zero-order valence-corrected chi connectivity index (χ0v) is 31.9. The third kappa shape index (κ3) is 12.1. The number of phenols is 2. The molecule has 0 spiro atoms. The van der Waals surface area contributed by atoms with Gasteiger partial charge in [-0.15, -0.1) is 0 Å². The number of benzene rings is 3. The molecule has 11 N–H and O–H groups in total. The van der Waals surface area contributed by atoms with Gasteiger partial charge >= 0.3 is 5.97 Å². The van der Waals surface area contributed by atoms with Gasteiger partial charge in [0.05, 0.1) is 12.4 Å². The van der Waals surface area contributed by atoms with Gasteiger partial charge in [0.1, 0.15) is 35.7 Å². The van der Waals surface area contributed by atoms with Crippen LogP contribution in [0.25, 0.3) is 10.9 Å². The quantitative estimate of drug-likeness (QED) is 0.0542. The molecule has 3 aromatic carbocycles. The highest BCUT2D eigenvalue weighted by Crippen LogP contribution is 2.20. The highest BCUT2D eigenvalue weighted by atomic mass is 32.2. The van der Waals surface area contributed by atoms with Crippen LogP contribution in [0.1, 0.15) is 28.8 Å². The second-order valence-corrected chi connectivity index (χ2v) is 14.5. The number of carboxylic acids is 1. The summed E-state index contributed by atoms with van der Waals surface area (Å²) in [5, 5.41) is 41.1. The number of carbonyl (C=O) groups excluding carboxylic acids is 4. The Morgan fingerprint density at radius 2 is 1.26 bits per heavy atom. The van der Waals surface area contributed by atoms with Gasteiger partial charge in [-0.3, -0.25) is 19.2 Å². The number of aromatic nitrogens is 3. The number of carbonyl (C=O) groups is 5. The van der Waals surface area contributed by atoms with E-state index in [1.807, 2.05) is 30.5 Å². The number of hydrogen-bond donors (Lipinski definition) is 10. The lowest BCUT2D eigenvalue weighted by Crippen LogP contribution is -2.59. The lowest BCUT2D eigenvalue weighted by atomic mass is 10.0. The first kappa shape index (κ1) is 41.8. The first-order valence-corrected chi connectivity index (χ1v) is 19.6. The summed E-state index contributed by atoms with van der Waals surface area (Å²) < 4.78 is 0. The highest BCUT2D eigenvalue weighted by Gasteiger charge is 2.32. The van der Waals surface area contributed by atoms with Gasteiger partial charge in [0.25, 0.3) is 0 Å². The van der Waals surface area contributed by atoms with Crippen LogP contribution in [0.2, 0.25) is 0 Å². The molecule has 2 aromatic heterocycles. The van der Waals surface area contributed by atoms with E-state index in [0.717, 1.165) is 10.9 Å².